The maximum Gasteiger partial charge on any atom is 0.414 e. The summed E-state index contributed by atoms with van der Waals surface area (Å²) < 4.78 is 15.7. The van der Waals surface area contributed by atoms with E-state index in [0.717, 1.165) is 5.57 Å². The molecule has 0 aromatic heterocycles. The van der Waals surface area contributed by atoms with E-state index < -0.39 is 18.4 Å². The van der Waals surface area contributed by atoms with Gasteiger partial charge in [-0.1, -0.05) is 29.8 Å². The van der Waals surface area contributed by atoms with Crippen LogP contribution in [0, 0.1) is 11.8 Å². The molecule has 3 atom stereocenters. The summed E-state index contributed by atoms with van der Waals surface area (Å²) in [7, 11) is 1.34. The number of allylic oxidation sites excluding steroid dienone is 1. The van der Waals surface area contributed by atoms with E-state index in [4.69, 9.17) is 14.2 Å². The molecule has 0 saturated carbocycles. The molecule has 1 aliphatic heterocycles. The summed E-state index contributed by atoms with van der Waals surface area (Å²) in [5.74, 6) is -0.702. The molecule has 3 unspecified atom stereocenters. The number of methoxy groups -OCH3 is 1. The molecular formula is C18H19NO5. The molecule has 0 fully saturated rings. The minimum absolute atomic E-state index is 0.0966. The van der Waals surface area contributed by atoms with E-state index >= 15 is 0 Å². The van der Waals surface area contributed by atoms with Crippen LogP contribution in [0.25, 0.3) is 0 Å². The molecule has 1 aromatic rings. The molecule has 1 aromatic carbocycles. The Labute approximate surface area is 140 Å². The lowest BCUT2D eigenvalue weighted by molar-refractivity contribution is -0.141. The van der Waals surface area contributed by atoms with Crippen molar-refractivity contribution >= 4 is 17.7 Å². The van der Waals surface area contributed by atoms with E-state index in [1.807, 2.05) is 31.2 Å². The normalized spacial score (nSPS) is 24.8. The van der Waals surface area contributed by atoms with Gasteiger partial charge in [-0.25, -0.2) is 9.59 Å². The molecule has 0 bridgehead atoms. The number of fused-ring (bicyclic) bond motifs is 1. The number of nitrogens with one attached hydrogen (secondary N) is 1. The highest BCUT2D eigenvalue weighted by molar-refractivity contribution is 5.89. The van der Waals surface area contributed by atoms with Gasteiger partial charge in [-0.3, -0.25) is 5.32 Å². The van der Waals surface area contributed by atoms with Crippen LogP contribution in [0.4, 0.5) is 10.5 Å². The maximum absolute atomic E-state index is 12.1. The Morgan fingerprint density at radius 3 is 2.71 bits per heavy atom. The Bertz CT molecular complexity index is 695. The molecular weight excluding hydrogens is 310 g/mol. The van der Waals surface area contributed by atoms with E-state index in [-0.39, 0.29) is 11.8 Å². The Morgan fingerprint density at radius 2 is 2.00 bits per heavy atom. The SMILES string of the molecule is COC(=O)C1=COC(OC(=O)Nc2ccccc2)C2C(C)=CCC12. The third-order valence-electron chi connectivity index (χ3n) is 4.34. The fraction of sp³-hybridized carbons (Fsp3) is 0.333. The second-order valence-electron chi connectivity index (χ2n) is 5.78. The Morgan fingerprint density at radius 1 is 1.25 bits per heavy atom. The summed E-state index contributed by atoms with van der Waals surface area (Å²) in [5, 5.41) is 2.66. The first-order valence-corrected chi connectivity index (χ1v) is 7.73. The van der Waals surface area contributed by atoms with Gasteiger partial charge in [0.05, 0.1) is 24.9 Å². The Hall–Kier alpha value is -2.76. The molecule has 126 valence electrons. The van der Waals surface area contributed by atoms with Crippen molar-refractivity contribution in [3.8, 4) is 0 Å². The fourth-order valence-electron chi connectivity index (χ4n) is 3.14. The van der Waals surface area contributed by atoms with E-state index in [1.165, 1.54) is 13.4 Å². The number of hydrogen-bond acceptors (Lipinski definition) is 5. The summed E-state index contributed by atoms with van der Waals surface area (Å²) in [4.78, 5) is 24.0. The Kier molecular flexibility index (Phi) is 4.55. The highest BCUT2D eigenvalue weighted by Crippen LogP contribution is 2.43. The second kappa shape index (κ2) is 6.78. The van der Waals surface area contributed by atoms with Crippen LogP contribution in [-0.4, -0.2) is 25.5 Å². The second-order valence-corrected chi connectivity index (χ2v) is 5.78. The molecule has 1 N–H and O–H groups in total. The number of para-hydroxylation sites is 1. The van der Waals surface area contributed by atoms with Crippen molar-refractivity contribution in [2.45, 2.75) is 19.6 Å². The number of ether oxygens (including phenoxy) is 3. The van der Waals surface area contributed by atoms with Crippen LogP contribution in [0.3, 0.4) is 0 Å². The van der Waals surface area contributed by atoms with Gasteiger partial charge in [-0.2, -0.15) is 0 Å². The van der Waals surface area contributed by atoms with Gasteiger partial charge < -0.3 is 14.2 Å². The van der Waals surface area contributed by atoms with E-state index in [1.54, 1.807) is 12.1 Å². The lowest BCUT2D eigenvalue weighted by Crippen LogP contribution is -2.38. The zero-order valence-electron chi connectivity index (χ0n) is 13.5. The largest absolute Gasteiger partial charge is 0.466 e. The molecule has 2 aliphatic rings. The standard InChI is InChI=1S/C18H19NO5/c1-11-8-9-13-14(16(20)22-2)10-23-17(15(11)13)24-18(21)19-12-6-4-3-5-7-12/h3-8,10,13,15,17H,9H2,1-2H3,(H,19,21). The first-order valence-electron chi connectivity index (χ1n) is 7.73. The summed E-state index contributed by atoms with van der Waals surface area (Å²) in [6.45, 7) is 1.94. The smallest absolute Gasteiger partial charge is 0.414 e. The highest BCUT2D eigenvalue weighted by Gasteiger charge is 2.44. The number of amides is 1. The average molecular weight is 329 g/mol. The van der Waals surface area contributed by atoms with Crippen LogP contribution in [0.15, 0.2) is 53.8 Å². The topological polar surface area (TPSA) is 73.9 Å². The monoisotopic (exact) mass is 329 g/mol. The van der Waals surface area contributed by atoms with Gasteiger partial charge in [0.1, 0.15) is 0 Å². The summed E-state index contributed by atoms with van der Waals surface area (Å²) in [5.41, 5.74) is 2.14. The van der Waals surface area contributed by atoms with E-state index in [0.29, 0.717) is 17.7 Å². The molecule has 0 spiro atoms. The molecule has 0 radical (unpaired) electrons. The van der Waals surface area contributed by atoms with Gasteiger partial charge in [-0.05, 0) is 25.5 Å². The molecule has 0 saturated heterocycles. The molecule has 24 heavy (non-hydrogen) atoms. The van der Waals surface area contributed by atoms with Crippen molar-refractivity contribution in [1.29, 1.82) is 0 Å². The van der Waals surface area contributed by atoms with Gasteiger partial charge in [0, 0.05) is 11.6 Å². The summed E-state index contributed by atoms with van der Waals surface area (Å²) in [6.07, 6.45) is 2.71. The lowest BCUT2D eigenvalue weighted by Gasteiger charge is -2.33. The van der Waals surface area contributed by atoms with Crippen molar-refractivity contribution < 1.29 is 23.8 Å². The van der Waals surface area contributed by atoms with Crippen molar-refractivity contribution in [1.82, 2.24) is 0 Å². The third kappa shape index (κ3) is 3.13. The molecule has 3 rings (SSSR count). The molecule has 6 nitrogen and oxygen atoms in total. The van der Waals surface area contributed by atoms with Crippen LogP contribution in [0.2, 0.25) is 0 Å². The number of hydrogen-bond donors (Lipinski definition) is 1. The maximum atomic E-state index is 12.1. The van der Waals surface area contributed by atoms with Crippen LogP contribution < -0.4 is 5.32 Å². The number of carbonyl (C=O) groups excluding carboxylic acids is 2. The number of benzene rings is 1. The van der Waals surface area contributed by atoms with Gasteiger partial charge in [0.15, 0.2) is 0 Å². The molecule has 1 heterocycles. The number of rotatable bonds is 3. The summed E-state index contributed by atoms with van der Waals surface area (Å²) in [6, 6.07) is 9.02. The van der Waals surface area contributed by atoms with Gasteiger partial charge in [0.2, 0.25) is 0 Å². The minimum Gasteiger partial charge on any atom is -0.466 e. The molecule has 1 amide bonds. The third-order valence-corrected chi connectivity index (χ3v) is 4.34. The first-order chi connectivity index (χ1) is 11.6. The average Bonchev–Trinajstić information content (AvgIpc) is 2.98. The number of carbonyl (C=O) groups is 2. The Balaban J connectivity index is 1.72. The number of anilines is 1. The predicted molar refractivity (Wildman–Crippen MR) is 86.9 cm³/mol. The highest BCUT2D eigenvalue weighted by atomic mass is 16.7. The van der Waals surface area contributed by atoms with Gasteiger partial charge in [-0.15, -0.1) is 0 Å². The van der Waals surface area contributed by atoms with Crippen molar-refractivity contribution in [2.24, 2.45) is 11.8 Å². The van der Waals surface area contributed by atoms with Crippen molar-refractivity contribution in [3.63, 3.8) is 0 Å². The lowest BCUT2D eigenvalue weighted by atomic mass is 9.84. The van der Waals surface area contributed by atoms with Gasteiger partial charge in [0.25, 0.3) is 6.29 Å². The van der Waals surface area contributed by atoms with Crippen molar-refractivity contribution in [2.75, 3.05) is 12.4 Å². The molecule has 6 heteroatoms. The van der Waals surface area contributed by atoms with Crippen LogP contribution >= 0.6 is 0 Å². The van der Waals surface area contributed by atoms with Gasteiger partial charge >= 0.3 is 12.1 Å². The zero-order chi connectivity index (χ0) is 17.1. The summed E-state index contributed by atoms with van der Waals surface area (Å²) >= 11 is 0. The van der Waals surface area contributed by atoms with E-state index in [2.05, 4.69) is 5.32 Å². The number of esters is 1. The van der Waals surface area contributed by atoms with E-state index in [9.17, 15) is 9.59 Å². The molecule has 1 aliphatic carbocycles. The van der Waals surface area contributed by atoms with Crippen LogP contribution in [-0.2, 0) is 19.0 Å². The fourth-order valence-corrected chi connectivity index (χ4v) is 3.14. The minimum atomic E-state index is -0.772. The zero-order valence-corrected chi connectivity index (χ0v) is 13.5. The van der Waals surface area contributed by atoms with Crippen molar-refractivity contribution in [3.05, 3.63) is 53.8 Å². The van der Waals surface area contributed by atoms with Crippen LogP contribution in [0.5, 0.6) is 0 Å². The quantitative estimate of drug-likeness (QED) is 0.681. The predicted octanol–water partition coefficient (Wildman–Crippen LogP) is 3.23. The first kappa shape index (κ1) is 16.1. The van der Waals surface area contributed by atoms with Crippen LogP contribution in [0.1, 0.15) is 13.3 Å².